The molecule has 0 aliphatic rings. The second-order valence-electron chi connectivity index (χ2n) is 5.72. The molecule has 2 aromatic rings. The minimum absolute atomic E-state index is 0.132. The lowest BCUT2D eigenvalue weighted by Crippen LogP contribution is -2.38. The van der Waals surface area contributed by atoms with Crippen LogP contribution in [0.4, 0.5) is 0 Å². The van der Waals surface area contributed by atoms with E-state index in [4.69, 9.17) is 4.74 Å². The van der Waals surface area contributed by atoms with E-state index in [0.717, 1.165) is 21.3 Å². The molecule has 0 unspecified atom stereocenters. The van der Waals surface area contributed by atoms with Crippen molar-refractivity contribution in [2.24, 2.45) is 14.1 Å². The third-order valence-electron chi connectivity index (χ3n) is 3.86. The molecule has 0 saturated carbocycles. The van der Waals surface area contributed by atoms with E-state index in [-0.39, 0.29) is 6.61 Å². The molecule has 23 heavy (non-hydrogen) atoms. The van der Waals surface area contributed by atoms with Crippen molar-refractivity contribution in [2.45, 2.75) is 27.4 Å². The second kappa shape index (κ2) is 6.24. The summed E-state index contributed by atoms with van der Waals surface area (Å²) in [5.74, 6) is -0.465. The molecule has 2 rings (SSSR count). The van der Waals surface area contributed by atoms with Gasteiger partial charge in [0.2, 0.25) is 0 Å². The molecule has 122 valence electrons. The first-order chi connectivity index (χ1) is 10.7. The molecule has 0 radical (unpaired) electrons. The van der Waals surface area contributed by atoms with Gasteiger partial charge in [0.15, 0.2) is 0 Å². The van der Waals surface area contributed by atoms with Crippen LogP contribution >= 0.6 is 0 Å². The van der Waals surface area contributed by atoms with Crippen LogP contribution in [0.3, 0.4) is 0 Å². The van der Waals surface area contributed by atoms with Crippen molar-refractivity contribution in [3.05, 3.63) is 67.0 Å². The van der Waals surface area contributed by atoms with Gasteiger partial charge in [-0.1, -0.05) is 17.7 Å². The van der Waals surface area contributed by atoms with Crippen molar-refractivity contribution >= 4 is 5.97 Å². The highest BCUT2D eigenvalue weighted by Crippen LogP contribution is 2.17. The number of hydrogen-bond acceptors (Lipinski definition) is 4. The number of hydrogen-bond donors (Lipinski definition) is 0. The molecule has 0 N–H and O–H groups in total. The lowest BCUT2D eigenvalue weighted by atomic mass is 10.00. The predicted molar refractivity (Wildman–Crippen MR) is 86.7 cm³/mol. The third kappa shape index (κ3) is 3.26. The van der Waals surface area contributed by atoms with E-state index in [9.17, 15) is 14.4 Å². The summed E-state index contributed by atoms with van der Waals surface area (Å²) in [6, 6.07) is 5.12. The maximum atomic E-state index is 12.3. The summed E-state index contributed by atoms with van der Waals surface area (Å²) in [5.41, 5.74) is 2.74. The number of rotatable bonds is 3. The molecule has 6 nitrogen and oxygen atoms in total. The Morgan fingerprint density at radius 2 is 1.57 bits per heavy atom. The zero-order valence-corrected chi connectivity index (χ0v) is 14.0. The topological polar surface area (TPSA) is 70.3 Å². The summed E-state index contributed by atoms with van der Waals surface area (Å²) >= 11 is 0. The maximum Gasteiger partial charge on any atom is 0.339 e. The van der Waals surface area contributed by atoms with Gasteiger partial charge in [-0.25, -0.2) is 9.59 Å². The molecule has 1 aromatic heterocycles. The zero-order valence-electron chi connectivity index (χ0n) is 14.0. The fourth-order valence-corrected chi connectivity index (χ4v) is 2.63. The molecular weight excluding hydrogens is 296 g/mol. The molecular formula is C17H20N2O4. The Labute approximate surface area is 134 Å². The molecule has 0 saturated heterocycles. The number of ether oxygens (including phenoxy) is 1. The quantitative estimate of drug-likeness (QED) is 0.802. The molecule has 0 bridgehead atoms. The van der Waals surface area contributed by atoms with Crippen LogP contribution in [0.15, 0.2) is 27.8 Å². The van der Waals surface area contributed by atoms with E-state index < -0.39 is 17.2 Å². The second-order valence-corrected chi connectivity index (χ2v) is 5.72. The van der Waals surface area contributed by atoms with E-state index in [0.29, 0.717) is 11.3 Å². The zero-order chi connectivity index (χ0) is 17.3. The Hall–Kier alpha value is -2.63. The Bertz CT molecular complexity index is 867. The van der Waals surface area contributed by atoms with Crippen LogP contribution in [-0.4, -0.2) is 15.1 Å². The van der Waals surface area contributed by atoms with Crippen LogP contribution in [0, 0.1) is 20.8 Å². The SMILES string of the molecule is Cc1cc(C)c(C(=O)OCc2cc(=O)n(C)c(=O)n2C)c(C)c1. The van der Waals surface area contributed by atoms with E-state index in [2.05, 4.69) is 0 Å². The molecule has 0 aliphatic carbocycles. The summed E-state index contributed by atoms with van der Waals surface area (Å²) < 4.78 is 7.59. The smallest absolute Gasteiger partial charge is 0.339 e. The largest absolute Gasteiger partial charge is 0.456 e. The number of esters is 1. The van der Waals surface area contributed by atoms with E-state index in [1.807, 2.05) is 32.9 Å². The monoisotopic (exact) mass is 316 g/mol. The van der Waals surface area contributed by atoms with Crippen molar-refractivity contribution in [1.29, 1.82) is 0 Å². The lowest BCUT2D eigenvalue weighted by molar-refractivity contribution is 0.0461. The molecule has 0 spiro atoms. The van der Waals surface area contributed by atoms with Gasteiger partial charge in [0.1, 0.15) is 6.61 Å². The Morgan fingerprint density at radius 3 is 2.13 bits per heavy atom. The van der Waals surface area contributed by atoms with Gasteiger partial charge in [-0.2, -0.15) is 0 Å². The van der Waals surface area contributed by atoms with Crippen LogP contribution in [0.5, 0.6) is 0 Å². The number of aromatic nitrogens is 2. The fraction of sp³-hybridized carbons (Fsp3) is 0.353. The highest BCUT2D eigenvalue weighted by atomic mass is 16.5. The van der Waals surface area contributed by atoms with Crippen LogP contribution in [0.2, 0.25) is 0 Å². The molecule has 0 fully saturated rings. The van der Waals surface area contributed by atoms with Crippen molar-refractivity contribution in [1.82, 2.24) is 9.13 Å². The van der Waals surface area contributed by atoms with Gasteiger partial charge >= 0.3 is 11.7 Å². The van der Waals surface area contributed by atoms with Crippen molar-refractivity contribution in [3.8, 4) is 0 Å². The summed E-state index contributed by atoms with van der Waals surface area (Å²) in [6.07, 6.45) is 0. The van der Waals surface area contributed by atoms with Gasteiger partial charge in [-0.05, 0) is 31.9 Å². The first kappa shape index (κ1) is 16.7. The van der Waals surface area contributed by atoms with E-state index in [1.165, 1.54) is 24.7 Å². The van der Waals surface area contributed by atoms with Gasteiger partial charge in [0.25, 0.3) is 5.56 Å². The lowest BCUT2D eigenvalue weighted by Gasteiger charge is -2.13. The Kier molecular flexibility index (Phi) is 4.54. The normalized spacial score (nSPS) is 10.7. The van der Waals surface area contributed by atoms with Gasteiger partial charge in [-0.3, -0.25) is 13.9 Å². The number of aryl methyl sites for hydroxylation is 3. The molecule has 0 amide bonds. The molecule has 1 heterocycles. The minimum Gasteiger partial charge on any atom is -0.456 e. The van der Waals surface area contributed by atoms with Crippen LogP contribution in [-0.2, 0) is 25.4 Å². The van der Waals surface area contributed by atoms with Gasteiger partial charge in [-0.15, -0.1) is 0 Å². The number of nitrogens with zero attached hydrogens (tertiary/aromatic N) is 2. The van der Waals surface area contributed by atoms with Crippen LogP contribution in [0.1, 0.15) is 32.7 Å². The summed E-state index contributed by atoms with van der Waals surface area (Å²) in [4.78, 5) is 35.9. The first-order valence-corrected chi connectivity index (χ1v) is 7.23. The summed E-state index contributed by atoms with van der Waals surface area (Å²) in [5, 5.41) is 0. The van der Waals surface area contributed by atoms with Crippen molar-refractivity contribution in [3.63, 3.8) is 0 Å². The summed E-state index contributed by atoms with van der Waals surface area (Å²) in [7, 11) is 2.94. The predicted octanol–water partition coefficient (Wildman–Crippen LogP) is 1.37. The molecule has 0 aliphatic heterocycles. The number of carbonyl (C=O) groups excluding carboxylic acids is 1. The number of carbonyl (C=O) groups is 1. The number of benzene rings is 1. The average Bonchev–Trinajstić information content (AvgIpc) is 2.46. The van der Waals surface area contributed by atoms with Gasteiger partial charge < -0.3 is 4.74 Å². The molecule has 0 atom stereocenters. The highest BCUT2D eigenvalue weighted by Gasteiger charge is 2.15. The first-order valence-electron chi connectivity index (χ1n) is 7.23. The molecule has 1 aromatic carbocycles. The van der Waals surface area contributed by atoms with E-state index in [1.54, 1.807) is 0 Å². The Morgan fingerprint density at radius 1 is 1.00 bits per heavy atom. The van der Waals surface area contributed by atoms with Crippen LogP contribution in [0.25, 0.3) is 0 Å². The van der Waals surface area contributed by atoms with E-state index >= 15 is 0 Å². The van der Waals surface area contributed by atoms with Crippen molar-refractivity contribution < 1.29 is 9.53 Å². The molecule has 6 heteroatoms. The minimum atomic E-state index is -0.465. The average molecular weight is 316 g/mol. The van der Waals surface area contributed by atoms with Gasteiger partial charge in [0, 0.05) is 20.2 Å². The van der Waals surface area contributed by atoms with Crippen molar-refractivity contribution in [2.75, 3.05) is 0 Å². The third-order valence-corrected chi connectivity index (χ3v) is 3.86. The van der Waals surface area contributed by atoms with Gasteiger partial charge in [0.05, 0.1) is 11.3 Å². The Balaban J connectivity index is 2.28. The van der Waals surface area contributed by atoms with Crippen LogP contribution < -0.4 is 11.2 Å². The fourth-order valence-electron chi connectivity index (χ4n) is 2.63. The maximum absolute atomic E-state index is 12.3. The summed E-state index contributed by atoms with van der Waals surface area (Å²) in [6.45, 7) is 5.53. The standard InChI is InChI=1S/C17H20N2O4/c1-10-6-11(2)15(12(3)7-10)16(21)23-9-13-8-14(20)19(5)17(22)18(13)4/h6-8H,9H2,1-5H3. The highest BCUT2D eigenvalue weighted by molar-refractivity contribution is 5.92.